The highest BCUT2D eigenvalue weighted by atomic mass is 16.6. The Morgan fingerprint density at radius 1 is 1.04 bits per heavy atom. The molecular weight excluding hydrogens is 306 g/mol. The molecule has 1 saturated heterocycles. The molecule has 1 aliphatic heterocycles. The molecule has 2 N–H and O–H groups in total. The molecule has 0 amide bonds. The lowest BCUT2D eigenvalue weighted by Gasteiger charge is -2.43. The summed E-state index contributed by atoms with van der Waals surface area (Å²) in [7, 11) is 0. The Balaban J connectivity index is 3.04. The smallest absolute Gasteiger partial charge is 0.303 e. The first-order valence-corrected chi connectivity index (χ1v) is 7.26. The van der Waals surface area contributed by atoms with Gasteiger partial charge in [0, 0.05) is 20.8 Å². The molecule has 130 valence electrons. The van der Waals surface area contributed by atoms with Crippen molar-refractivity contribution < 1.29 is 33.3 Å². The van der Waals surface area contributed by atoms with E-state index in [0.717, 1.165) is 0 Å². The lowest BCUT2D eigenvalue weighted by atomic mass is 9.91. The lowest BCUT2D eigenvalue weighted by molar-refractivity contribution is -0.219. The summed E-state index contributed by atoms with van der Waals surface area (Å²) in [6.45, 7) is 7.18. The fourth-order valence-corrected chi connectivity index (χ4v) is 2.42. The lowest BCUT2D eigenvalue weighted by Crippen LogP contribution is -2.64. The van der Waals surface area contributed by atoms with Gasteiger partial charge in [0.05, 0.1) is 12.1 Å². The first-order valence-electron chi connectivity index (χ1n) is 7.26. The van der Waals surface area contributed by atoms with Crippen molar-refractivity contribution >= 4 is 17.9 Å². The van der Waals surface area contributed by atoms with Gasteiger partial charge in [-0.3, -0.25) is 14.4 Å². The minimum Gasteiger partial charge on any atom is -0.463 e. The van der Waals surface area contributed by atoms with Crippen LogP contribution >= 0.6 is 0 Å². The van der Waals surface area contributed by atoms with Crippen LogP contribution in [-0.4, -0.2) is 55.0 Å². The van der Waals surface area contributed by atoms with Gasteiger partial charge in [-0.15, -0.1) is 6.58 Å². The van der Waals surface area contributed by atoms with Crippen molar-refractivity contribution in [3.63, 3.8) is 0 Å². The van der Waals surface area contributed by atoms with E-state index in [-0.39, 0.29) is 6.61 Å². The van der Waals surface area contributed by atoms with Crippen molar-refractivity contribution in [1.29, 1.82) is 0 Å². The minimum absolute atomic E-state index is 0.147. The fraction of sp³-hybridized carbons (Fsp3) is 0.667. The Kier molecular flexibility index (Phi) is 7.18. The molecule has 0 radical (unpaired) electrons. The van der Waals surface area contributed by atoms with E-state index >= 15 is 0 Å². The zero-order valence-corrected chi connectivity index (χ0v) is 13.5. The minimum atomic E-state index is -0.966. The molecule has 0 aliphatic carbocycles. The summed E-state index contributed by atoms with van der Waals surface area (Å²) in [5.41, 5.74) is 6.09. The average molecular weight is 329 g/mol. The molecule has 8 nitrogen and oxygen atoms in total. The van der Waals surface area contributed by atoms with E-state index in [1.54, 1.807) is 6.08 Å². The molecule has 0 unspecified atom stereocenters. The van der Waals surface area contributed by atoms with E-state index in [2.05, 4.69) is 6.58 Å². The largest absolute Gasteiger partial charge is 0.463 e. The number of rotatable bonds is 6. The van der Waals surface area contributed by atoms with E-state index in [1.165, 1.54) is 20.8 Å². The molecule has 0 aromatic heterocycles. The van der Waals surface area contributed by atoms with Gasteiger partial charge in [0.1, 0.15) is 12.7 Å². The number of ether oxygens (including phenoxy) is 4. The highest BCUT2D eigenvalue weighted by molar-refractivity contribution is 5.68. The van der Waals surface area contributed by atoms with Crippen LogP contribution in [0.1, 0.15) is 27.2 Å². The quantitative estimate of drug-likeness (QED) is 0.414. The predicted molar refractivity (Wildman–Crippen MR) is 79.2 cm³/mol. The normalized spacial score (nSPS) is 30.2. The Morgan fingerprint density at radius 2 is 1.61 bits per heavy atom. The second kappa shape index (κ2) is 8.64. The van der Waals surface area contributed by atoms with Crippen LogP contribution < -0.4 is 5.73 Å². The maximum atomic E-state index is 11.4. The first-order chi connectivity index (χ1) is 10.8. The third-order valence-electron chi connectivity index (χ3n) is 3.30. The van der Waals surface area contributed by atoms with Gasteiger partial charge < -0.3 is 24.7 Å². The third-order valence-corrected chi connectivity index (χ3v) is 3.30. The molecule has 0 aromatic carbocycles. The van der Waals surface area contributed by atoms with E-state index in [4.69, 9.17) is 24.7 Å². The van der Waals surface area contributed by atoms with Crippen molar-refractivity contribution in [3.8, 4) is 0 Å². The number of hydrogen-bond donors (Lipinski definition) is 1. The molecule has 1 rings (SSSR count). The van der Waals surface area contributed by atoms with Crippen LogP contribution in [0.4, 0.5) is 0 Å². The first kappa shape index (κ1) is 19.1. The van der Waals surface area contributed by atoms with E-state index in [1.807, 2.05) is 0 Å². The molecule has 23 heavy (non-hydrogen) atoms. The highest BCUT2D eigenvalue weighted by Crippen LogP contribution is 2.27. The predicted octanol–water partition coefficient (Wildman–Crippen LogP) is 0.0837. The summed E-state index contributed by atoms with van der Waals surface area (Å²) in [6.07, 6.45) is -1.16. The molecule has 1 aliphatic rings. The maximum Gasteiger partial charge on any atom is 0.303 e. The van der Waals surface area contributed by atoms with Gasteiger partial charge in [0.2, 0.25) is 0 Å². The number of nitrogens with two attached hydrogens (primary N) is 1. The third kappa shape index (κ3) is 5.65. The summed E-state index contributed by atoms with van der Waals surface area (Å²) in [5, 5.41) is 0. The van der Waals surface area contributed by atoms with Crippen LogP contribution in [0.2, 0.25) is 0 Å². The Morgan fingerprint density at radius 3 is 2.09 bits per heavy atom. The second-order valence-corrected chi connectivity index (χ2v) is 5.27. The summed E-state index contributed by atoms with van der Waals surface area (Å²) in [6, 6.07) is -0.713. The number of esters is 3. The van der Waals surface area contributed by atoms with Gasteiger partial charge in [-0.05, 0) is 6.42 Å². The topological polar surface area (TPSA) is 114 Å². The molecule has 1 fully saturated rings. The molecule has 0 saturated carbocycles. The molecule has 0 bridgehead atoms. The van der Waals surface area contributed by atoms with Crippen LogP contribution in [0.15, 0.2) is 12.7 Å². The summed E-state index contributed by atoms with van der Waals surface area (Å²) >= 11 is 0. The number of carbonyl (C=O) groups excluding carboxylic acids is 3. The van der Waals surface area contributed by atoms with Gasteiger partial charge in [-0.2, -0.15) is 0 Å². The van der Waals surface area contributed by atoms with Gasteiger partial charge in [-0.25, -0.2) is 0 Å². The van der Waals surface area contributed by atoms with Crippen LogP contribution in [0.5, 0.6) is 0 Å². The van der Waals surface area contributed by atoms with Crippen LogP contribution in [0.3, 0.4) is 0 Å². The van der Waals surface area contributed by atoms with Crippen molar-refractivity contribution in [3.05, 3.63) is 12.7 Å². The molecule has 5 atom stereocenters. The van der Waals surface area contributed by atoms with E-state index < -0.39 is 48.4 Å². The monoisotopic (exact) mass is 329 g/mol. The Hall–Kier alpha value is -1.93. The molecule has 0 spiro atoms. The molecule has 0 aromatic rings. The Bertz CT molecular complexity index is 465. The zero-order valence-electron chi connectivity index (χ0n) is 13.5. The van der Waals surface area contributed by atoms with Crippen molar-refractivity contribution in [1.82, 2.24) is 0 Å². The SMILES string of the molecule is C=CC[C@@H]1O[C@H](COC(C)=O)[C@@H](OC(C)=O)[C@H](OC(C)=O)[C@H]1N. The summed E-state index contributed by atoms with van der Waals surface area (Å²) in [4.78, 5) is 33.8. The van der Waals surface area contributed by atoms with Gasteiger partial charge in [0.25, 0.3) is 0 Å². The van der Waals surface area contributed by atoms with Crippen molar-refractivity contribution in [2.45, 2.75) is 57.6 Å². The van der Waals surface area contributed by atoms with Crippen LogP contribution in [0.25, 0.3) is 0 Å². The summed E-state index contributed by atoms with van der Waals surface area (Å²) in [5.74, 6) is -1.65. The van der Waals surface area contributed by atoms with Gasteiger partial charge in [-0.1, -0.05) is 6.08 Å². The van der Waals surface area contributed by atoms with Gasteiger partial charge in [0.15, 0.2) is 12.2 Å². The van der Waals surface area contributed by atoms with Crippen molar-refractivity contribution in [2.75, 3.05) is 6.61 Å². The fourth-order valence-electron chi connectivity index (χ4n) is 2.42. The highest BCUT2D eigenvalue weighted by Gasteiger charge is 2.48. The van der Waals surface area contributed by atoms with Crippen molar-refractivity contribution in [2.24, 2.45) is 5.73 Å². The number of hydrogen-bond acceptors (Lipinski definition) is 8. The van der Waals surface area contributed by atoms with Crippen LogP contribution in [-0.2, 0) is 33.3 Å². The molecular formula is C15H23NO7. The van der Waals surface area contributed by atoms with Crippen LogP contribution in [0, 0.1) is 0 Å². The van der Waals surface area contributed by atoms with E-state index in [9.17, 15) is 14.4 Å². The zero-order chi connectivity index (χ0) is 17.6. The molecule has 1 heterocycles. The van der Waals surface area contributed by atoms with Gasteiger partial charge >= 0.3 is 17.9 Å². The summed E-state index contributed by atoms with van der Waals surface area (Å²) < 4.78 is 21.2. The van der Waals surface area contributed by atoms with E-state index in [0.29, 0.717) is 6.42 Å². The Labute approximate surface area is 134 Å². The second-order valence-electron chi connectivity index (χ2n) is 5.27. The maximum absolute atomic E-state index is 11.4. The average Bonchev–Trinajstić information content (AvgIpc) is 2.43. The standard InChI is InChI=1S/C15H23NO7/c1-5-6-11-13(16)15(22-10(4)19)14(21-9(3)18)12(23-11)7-20-8(2)17/h5,11-15H,1,6-7,16H2,2-4H3/t11-,12+,13-,14+,15+/m0/s1. The molecule has 8 heteroatoms. The number of carbonyl (C=O) groups is 3.